The van der Waals surface area contributed by atoms with E-state index in [1.165, 1.54) is 0 Å². The normalized spacial score (nSPS) is 12.4. The minimum absolute atomic E-state index is 0.513. The van der Waals surface area contributed by atoms with Crippen LogP contribution < -0.4 is 0 Å². The third-order valence-electron chi connectivity index (χ3n) is 1.38. The van der Waals surface area contributed by atoms with Crippen LogP contribution in [0.25, 0.3) is 0 Å². The second-order valence-corrected chi connectivity index (χ2v) is 2.97. The first-order valence-corrected chi connectivity index (χ1v) is 3.59. The van der Waals surface area contributed by atoms with Gasteiger partial charge in [-0.25, -0.2) is 0 Å². The summed E-state index contributed by atoms with van der Waals surface area (Å²) in [5, 5.41) is 1.03. The molecule has 0 radical (unpaired) electrons. The summed E-state index contributed by atoms with van der Waals surface area (Å²) >= 11 is 11.2. The molecule has 10 heavy (non-hydrogen) atoms. The average Bonchev–Trinajstić information content (AvgIpc) is 1.84. The van der Waals surface area contributed by atoms with Crippen molar-refractivity contribution in [3.63, 3.8) is 0 Å². The number of hydrogen-bond donors (Lipinski definition) is 0. The summed E-state index contributed by atoms with van der Waals surface area (Å²) in [6, 6.07) is 0. The predicted octanol–water partition coefficient (Wildman–Crippen LogP) is 3.83. The van der Waals surface area contributed by atoms with Crippen molar-refractivity contribution in [3.05, 3.63) is 34.4 Å². The van der Waals surface area contributed by atoms with Crippen LogP contribution in [-0.2, 0) is 0 Å². The molecule has 0 atom stereocenters. The highest BCUT2D eigenvalue weighted by Crippen LogP contribution is 2.22. The Kier molecular flexibility index (Phi) is 3.77. The third-order valence-corrected chi connectivity index (χ3v) is 1.94. The Labute approximate surface area is 71.8 Å². The van der Waals surface area contributed by atoms with Gasteiger partial charge in [-0.05, 0) is 25.0 Å². The zero-order chi connectivity index (χ0) is 8.31. The molecule has 0 aliphatic rings. The van der Waals surface area contributed by atoms with Gasteiger partial charge in [0.25, 0.3) is 0 Å². The molecule has 0 bridgehead atoms. The molecule has 0 aromatic heterocycles. The standard InChI is InChI=1S/C8H10Cl2/c1-5(7(3)9)6(2)8(4)10/h3-4H2,1-2H3/b6-5-. The van der Waals surface area contributed by atoms with Gasteiger partial charge in [0.2, 0.25) is 0 Å². The smallest absolute Gasteiger partial charge is 0.0366 e. The molecule has 0 aromatic carbocycles. The van der Waals surface area contributed by atoms with Gasteiger partial charge in [0.05, 0.1) is 0 Å². The molecule has 0 spiro atoms. The highest BCUT2D eigenvalue weighted by Gasteiger charge is 1.99. The molecule has 0 aromatic rings. The summed E-state index contributed by atoms with van der Waals surface area (Å²) in [5.74, 6) is 0. The summed E-state index contributed by atoms with van der Waals surface area (Å²) in [6.45, 7) is 10.9. The van der Waals surface area contributed by atoms with Crippen molar-refractivity contribution in [2.75, 3.05) is 0 Å². The van der Waals surface area contributed by atoms with Crippen molar-refractivity contribution in [3.8, 4) is 0 Å². The highest BCUT2D eigenvalue weighted by molar-refractivity contribution is 6.33. The van der Waals surface area contributed by atoms with E-state index in [9.17, 15) is 0 Å². The molecule has 0 rings (SSSR count). The highest BCUT2D eigenvalue weighted by atomic mass is 35.5. The molecule has 0 nitrogen and oxygen atoms in total. The van der Waals surface area contributed by atoms with E-state index in [4.69, 9.17) is 23.2 Å². The Hall–Kier alpha value is -0.200. The summed E-state index contributed by atoms with van der Waals surface area (Å²) < 4.78 is 0. The van der Waals surface area contributed by atoms with Crippen molar-refractivity contribution in [1.82, 2.24) is 0 Å². The van der Waals surface area contributed by atoms with Crippen LogP contribution in [-0.4, -0.2) is 0 Å². The second kappa shape index (κ2) is 3.85. The van der Waals surface area contributed by atoms with E-state index in [-0.39, 0.29) is 0 Å². The quantitative estimate of drug-likeness (QED) is 0.562. The van der Waals surface area contributed by atoms with Gasteiger partial charge in [-0.3, -0.25) is 0 Å². The Bertz CT molecular complexity index is 177. The lowest BCUT2D eigenvalue weighted by atomic mass is 10.1. The Balaban J connectivity index is 4.67. The minimum Gasteiger partial charge on any atom is -0.0847 e. The molecule has 0 fully saturated rings. The Morgan fingerprint density at radius 2 is 1.10 bits per heavy atom. The SMILES string of the molecule is C=C(Cl)/C(C)=C(/C)C(=C)Cl. The topological polar surface area (TPSA) is 0 Å². The zero-order valence-corrected chi connectivity index (χ0v) is 7.68. The number of halogens is 2. The van der Waals surface area contributed by atoms with Crippen LogP contribution in [0.1, 0.15) is 13.8 Å². The fraction of sp³-hybridized carbons (Fsp3) is 0.250. The minimum atomic E-state index is 0.513. The molecule has 2 heteroatoms. The fourth-order valence-electron chi connectivity index (χ4n) is 0.407. The summed E-state index contributed by atoms with van der Waals surface area (Å²) in [4.78, 5) is 0. The monoisotopic (exact) mass is 176 g/mol. The number of rotatable bonds is 2. The summed E-state index contributed by atoms with van der Waals surface area (Å²) in [7, 11) is 0. The lowest BCUT2D eigenvalue weighted by Gasteiger charge is -2.02. The van der Waals surface area contributed by atoms with Crippen LogP contribution in [0.15, 0.2) is 34.4 Å². The Morgan fingerprint density at radius 3 is 1.20 bits per heavy atom. The van der Waals surface area contributed by atoms with Gasteiger partial charge < -0.3 is 0 Å². The van der Waals surface area contributed by atoms with Crippen LogP contribution >= 0.6 is 23.2 Å². The molecule has 0 heterocycles. The van der Waals surface area contributed by atoms with Crippen molar-refractivity contribution in [2.45, 2.75) is 13.8 Å². The van der Waals surface area contributed by atoms with E-state index in [0.29, 0.717) is 10.1 Å². The molecule has 0 aliphatic heterocycles. The van der Waals surface area contributed by atoms with Crippen LogP contribution in [0.2, 0.25) is 0 Å². The molecule has 0 saturated carbocycles. The lowest BCUT2D eigenvalue weighted by Crippen LogP contribution is -1.82. The van der Waals surface area contributed by atoms with E-state index < -0.39 is 0 Å². The van der Waals surface area contributed by atoms with Gasteiger partial charge in [-0.15, -0.1) is 0 Å². The molecule has 0 unspecified atom stereocenters. The van der Waals surface area contributed by atoms with Crippen molar-refractivity contribution in [2.24, 2.45) is 0 Å². The maximum atomic E-state index is 5.62. The van der Waals surface area contributed by atoms with Crippen molar-refractivity contribution in [1.29, 1.82) is 0 Å². The molecule has 0 N–H and O–H groups in total. The first-order chi connectivity index (χ1) is 4.46. The van der Waals surface area contributed by atoms with Gasteiger partial charge >= 0.3 is 0 Å². The van der Waals surface area contributed by atoms with E-state index in [1.54, 1.807) is 0 Å². The Morgan fingerprint density at radius 1 is 0.900 bits per heavy atom. The van der Waals surface area contributed by atoms with E-state index >= 15 is 0 Å². The van der Waals surface area contributed by atoms with Crippen LogP contribution in [0, 0.1) is 0 Å². The maximum Gasteiger partial charge on any atom is 0.0366 e. The van der Waals surface area contributed by atoms with E-state index in [0.717, 1.165) is 11.1 Å². The first kappa shape index (κ1) is 9.80. The summed E-state index contributed by atoms with van der Waals surface area (Å²) in [6.07, 6.45) is 0. The molecular formula is C8H10Cl2. The molecule has 56 valence electrons. The van der Waals surface area contributed by atoms with Gasteiger partial charge in [0.1, 0.15) is 0 Å². The van der Waals surface area contributed by atoms with Gasteiger partial charge in [0, 0.05) is 10.1 Å². The maximum absolute atomic E-state index is 5.62. The molecular weight excluding hydrogens is 167 g/mol. The van der Waals surface area contributed by atoms with Crippen LogP contribution in [0.5, 0.6) is 0 Å². The van der Waals surface area contributed by atoms with E-state index in [1.807, 2.05) is 13.8 Å². The number of allylic oxidation sites excluding steroid dienone is 4. The van der Waals surface area contributed by atoms with Gasteiger partial charge in [-0.1, -0.05) is 36.4 Å². The zero-order valence-electron chi connectivity index (χ0n) is 6.17. The molecule has 0 amide bonds. The van der Waals surface area contributed by atoms with Gasteiger partial charge in [0.15, 0.2) is 0 Å². The number of hydrogen-bond acceptors (Lipinski definition) is 0. The van der Waals surface area contributed by atoms with E-state index in [2.05, 4.69) is 13.2 Å². The van der Waals surface area contributed by atoms with Crippen molar-refractivity contribution < 1.29 is 0 Å². The third kappa shape index (κ3) is 2.59. The molecule has 0 saturated heterocycles. The van der Waals surface area contributed by atoms with Gasteiger partial charge in [-0.2, -0.15) is 0 Å². The van der Waals surface area contributed by atoms with Crippen LogP contribution in [0.3, 0.4) is 0 Å². The second-order valence-electron chi connectivity index (χ2n) is 2.06. The first-order valence-electron chi connectivity index (χ1n) is 2.84. The fourth-order valence-corrected chi connectivity index (χ4v) is 0.690. The summed E-state index contributed by atoms with van der Waals surface area (Å²) in [5.41, 5.74) is 1.78. The largest absolute Gasteiger partial charge is 0.0847 e. The van der Waals surface area contributed by atoms with Crippen LogP contribution in [0.4, 0.5) is 0 Å². The van der Waals surface area contributed by atoms with Crippen molar-refractivity contribution >= 4 is 23.2 Å². The lowest BCUT2D eigenvalue weighted by molar-refractivity contribution is 1.35. The average molecular weight is 177 g/mol. The predicted molar refractivity (Wildman–Crippen MR) is 48.4 cm³/mol. The molecule has 0 aliphatic carbocycles.